The summed E-state index contributed by atoms with van der Waals surface area (Å²) in [5, 5.41) is 4.61. The average Bonchev–Trinajstić information content (AvgIpc) is 2.57. The van der Waals surface area contributed by atoms with Gasteiger partial charge in [-0.2, -0.15) is 0 Å². The van der Waals surface area contributed by atoms with Crippen LogP contribution in [0.4, 0.5) is 0 Å². The second-order valence-corrected chi connectivity index (χ2v) is 4.93. The summed E-state index contributed by atoms with van der Waals surface area (Å²) >= 11 is 0. The van der Waals surface area contributed by atoms with Crippen molar-refractivity contribution in [1.29, 1.82) is 0 Å². The lowest BCUT2D eigenvalue weighted by Crippen LogP contribution is -2.27. The molecular formula is C15H18N2O. The van der Waals surface area contributed by atoms with Crippen LogP contribution in [0.2, 0.25) is 0 Å². The molecule has 1 aromatic heterocycles. The van der Waals surface area contributed by atoms with Crippen molar-refractivity contribution in [2.24, 2.45) is 0 Å². The van der Waals surface area contributed by atoms with Crippen molar-refractivity contribution in [1.82, 2.24) is 10.3 Å². The van der Waals surface area contributed by atoms with Crippen molar-refractivity contribution < 1.29 is 4.74 Å². The van der Waals surface area contributed by atoms with Gasteiger partial charge in [-0.05, 0) is 31.5 Å². The van der Waals surface area contributed by atoms with Crippen LogP contribution in [0.3, 0.4) is 0 Å². The number of benzene rings is 1. The first kappa shape index (κ1) is 11.5. The summed E-state index contributed by atoms with van der Waals surface area (Å²) < 4.78 is 5.97. The molecular weight excluding hydrogens is 224 g/mol. The summed E-state index contributed by atoms with van der Waals surface area (Å²) in [4.78, 5) is 4.65. The second kappa shape index (κ2) is 4.58. The van der Waals surface area contributed by atoms with Crippen LogP contribution in [0.1, 0.15) is 24.5 Å². The highest BCUT2D eigenvalue weighted by atomic mass is 16.5. The van der Waals surface area contributed by atoms with Crippen molar-refractivity contribution >= 4 is 10.9 Å². The van der Waals surface area contributed by atoms with Gasteiger partial charge in [-0.1, -0.05) is 18.6 Å². The van der Waals surface area contributed by atoms with Crippen molar-refractivity contribution in [3.63, 3.8) is 0 Å². The van der Waals surface area contributed by atoms with E-state index in [0.717, 1.165) is 36.5 Å². The maximum absolute atomic E-state index is 5.97. The van der Waals surface area contributed by atoms with Crippen LogP contribution in [0.25, 0.3) is 10.9 Å². The summed E-state index contributed by atoms with van der Waals surface area (Å²) in [6, 6.07) is 8.52. The van der Waals surface area contributed by atoms with Crippen molar-refractivity contribution in [3.8, 4) is 5.88 Å². The minimum absolute atomic E-state index is 0.224. The maximum atomic E-state index is 5.97. The standard InChI is InChI=1S/C15H18N2O/c1-3-13-9-16-8-12-7-11-6-10(2)4-5-14(11)17-15(12)18-13/h4-7,13,16H,3,8-9H2,1-2H3/t13-/m1/s1. The van der Waals surface area contributed by atoms with Crippen molar-refractivity contribution in [2.75, 3.05) is 6.54 Å². The Bertz CT molecular complexity index is 580. The van der Waals surface area contributed by atoms with Crippen molar-refractivity contribution in [2.45, 2.75) is 32.9 Å². The van der Waals surface area contributed by atoms with Gasteiger partial charge < -0.3 is 10.1 Å². The lowest BCUT2D eigenvalue weighted by Gasteiger charge is -2.14. The van der Waals surface area contributed by atoms with Gasteiger partial charge in [0, 0.05) is 24.0 Å². The molecule has 0 fully saturated rings. The summed E-state index contributed by atoms with van der Waals surface area (Å²) in [6.45, 7) is 5.97. The monoisotopic (exact) mass is 242 g/mol. The quantitative estimate of drug-likeness (QED) is 0.835. The van der Waals surface area contributed by atoms with E-state index >= 15 is 0 Å². The van der Waals surface area contributed by atoms with E-state index in [4.69, 9.17) is 4.74 Å². The van der Waals surface area contributed by atoms with Gasteiger partial charge in [0.2, 0.25) is 5.88 Å². The highest BCUT2D eigenvalue weighted by Crippen LogP contribution is 2.25. The number of nitrogens with one attached hydrogen (secondary N) is 1. The number of hydrogen-bond donors (Lipinski definition) is 1. The van der Waals surface area contributed by atoms with Gasteiger partial charge in [-0.3, -0.25) is 0 Å². The predicted molar refractivity (Wildman–Crippen MR) is 72.9 cm³/mol. The molecule has 0 amide bonds. The Morgan fingerprint density at radius 1 is 1.39 bits per heavy atom. The topological polar surface area (TPSA) is 34.2 Å². The molecule has 1 aliphatic rings. The fourth-order valence-corrected chi connectivity index (χ4v) is 2.35. The third-order valence-electron chi connectivity index (χ3n) is 3.43. The molecule has 2 heterocycles. The van der Waals surface area contributed by atoms with Crippen LogP contribution in [-0.2, 0) is 6.54 Å². The van der Waals surface area contributed by atoms with Gasteiger partial charge in [0.15, 0.2) is 0 Å². The molecule has 3 rings (SSSR count). The Morgan fingerprint density at radius 3 is 3.11 bits per heavy atom. The van der Waals surface area contributed by atoms with E-state index in [1.165, 1.54) is 10.9 Å². The van der Waals surface area contributed by atoms with Crippen LogP contribution in [0.15, 0.2) is 24.3 Å². The Morgan fingerprint density at radius 2 is 2.28 bits per heavy atom. The average molecular weight is 242 g/mol. The zero-order chi connectivity index (χ0) is 12.5. The van der Waals surface area contributed by atoms with E-state index in [0.29, 0.717) is 0 Å². The number of aromatic nitrogens is 1. The molecule has 3 heteroatoms. The van der Waals surface area contributed by atoms with Gasteiger partial charge in [0.05, 0.1) is 5.52 Å². The molecule has 0 saturated carbocycles. The van der Waals surface area contributed by atoms with Gasteiger partial charge in [-0.25, -0.2) is 4.98 Å². The van der Waals surface area contributed by atoms with Crippen molar-refractivity contribution in [3.05, 3.63) is 35.4 Å². The molecule has 1 aromatic carbocycles. The Hall–Kier alpha value is -1.61. The highest BCUT2D eigenvalue weighted by molar-refractivity contribution is 5.80. The van der Waals surface area contributed by atoms with E-state index in [-0.39, 0.29) is 6.10 Å². The van der Waals surface area contributed by atoms with E-state index in [1.54, 1.807) is 0 Å². The minimum atomic E-state index is 0.224. The largest absolute Gasteiger partial charge is 0.473 e. The molecule has 1 atom stereocenters. The van der Waals surface area contributed by atoms with Gasteiger partial charge >= 0.3 is 0 Å². The van der Waals surface area contributed by atoms with Crippen LogP contribution in [0.5, 0.6) is 5.88 Å². The summed E-state index contributed by atoms with van der Waals surface area (Å²) in [7, 11) is 0. The minimum Gasteiger partial charge on any atom is -0.473 e. The summed E-state index contributed by atoms with van der Waals surface area (Å²) in [5.74, 6) is 0.795. The van der Waals surface area contributed by atoms with E-state index in [2.05, 4.69) is 48.4 Å². The number of ether oxygens (including phenoxy) is 1. The fraction of sp³-hybridized carbons (Fsp3) is 0.400. The molecule has 0 spiro atoms. The van der Waals surface area contributed by atoms with Gasteiger partial charge in [0.25, 0.3) is 0 Å². The second-order valence-electron chi connectivity index (χ2n) is 4.93. The fourth-order valence-electron chi connectivity index (χ4n) is 2.35. The zero-order valence-electron chi connectivity index (χ0n) is 10.9. The number of nitrogens with zero attached hydrogens (tertiary/aromatic N) is 1. The number of hydrogen-bond acceptors (Lipinski definition) is 3. The normalized spacial score (nSPS) is 19.1. The number of aryl methyl sites for hydroxylation is 1. The summed E-state index contributed by atoms with van der Waals surface area (Å²) in [6.07, 6.45) is 1.22. The Balaban J connectivity index is 2.10. The lowest BCUT2D eigenvalue weighted by molar-refractivity contribution is 0.195. The van der Waals surface area contributed by atoms with E-state index in [1.807, 2.05) is 0 Å². The number of pyridine rings is 1. The van der Waals surface area contributed by atoms with Gasteiger partial charge in [-0.15, -0.1) is 0 Å². The molecule has 0 bridgehead atoms. The maximum Gasteiger partial charge on any atom is 0.218 e. The molecule has 1 aliphatic heterocycles. The third kappa shape index (κ3) is 2.06. The van der Waals surface area contributed by atoms with Crippen LogP contribution >= 0.6 is 0 Å². The lowest BCUT2D eigenvalue weighted by atomic mass is 10.1. The van der Waals surface area contributed by atoms with Crippen LogP contribution in [-0.4, -0.2) is 17.6 Å². The molecule has 0 unspecified atom stereocenters. The smallest absolute Gasteiger partial charge is 0.218 e. The van der Waals surface area contributed by atoms with E-state index < -0.39 is 0 Å². The molecule has 0 aliphatic carbocycles. The van der Waals surface area contributed by atoms with Crippen LogP contribution < -0.4 is 10.1 Å². The molecule has 1 N–H and O–H groups in total. The first-order valence-corrected chi connectivity index (χ1v) is 6.54. The molecule has 18 heavy (non-hydrogen) atoms. The SMILES string of the molecule is CC[C@@H]1CNCc2cc3cc(C)ccc3nc2O1. The molecule has 2 aromatic rings. The number of fused-ring (bicyclic) bond motifs is 2. The van der Waals surface area contributed by atoms with Gasteiger partial charge in [0.1, 0.15) is 6.10 Å². The summed E-state index contributed by atoms with van der Waals surface area (Å²) in [5.41, 5.74) is 3.43. The van der Waals surface area contributed by atoms with Crippen LogP contribution in [0, 0.1) is 6.92 Å². The predicted octanol–water partition coefficient (Wildman–Crippen LogP) is 2.80. The van der Waals surface area contributed by atoms with E-state index in [9.17, 15) is 0 Å². The first-order chi connectivity index (χ1) is 8.76. The first-order valence-electron chi connectivity index (χ1n) is 6.54. The Labute approximate surface area is 107 Å². The Kier molecular flexibility index (Phi) is 2.92. The zero-order valence-corrected chi connectivity index (χ0v) is 10.9. The molecule has 3 nitrogen and oxygen atoms in total. The molecule has 0 radical (unpaired) electrons. The molecule has 0 saturated heterocycles. The number of rotatable bonds is 1. The molecule has 94 valence electrons. The third-order valence-corrected chi connectivity index (χ3v) is 3.43. The highest BCUT2D eigenvalue weighted by Gasteiger charge is 2.17.